The largest absolute Gasteiger partial charge is 0.454 e. The fourth-order valence-electron chi connectivity index (χ4n) is 2.08. The summed E-state index contributed by atoms with van der Waals surface area (Å²) >= 11 is 0. The van der Waals surface area contributed by atoms with Crippen LogP contribution in [0.25, 0.3) is 0 Å². The zero-order chi connectivity index (χ0) is 15.6. The van der Waals surface area contributed by atoms with Gasteiger partial charge in [0.2, 0.25) is 6.79 Å². The molecule has 2 aromatic rings. The third kappa shape index (κ3) is 3.12. The normalized spacial score (nSPS) is 13.7. The number of benzene rings is 2. The van der Waals surface area contributed by atoms with E-state index < -0.39 is 10.0 Å². The van der Waals surface area contributed by atoms with Crippen LogP contribution in [0.1, 0.15) is 11.1 Å². The third-order valence-corrected chi connectivity index (χ3v) is 4.59. The Morgan fingerprint density at radius 3 is 2.59 bits per heavy atom. The number of ether oxygens (including phenoxy) is 2. The zero-order valence-corrected chi connectivity index (χ0v) is 12.8. The lowest BCUT2D eigenvalue weighted by molar-refractivity contribution is 0.174. The maximum Gasteiger partial charge on any atom is 0.281 e. The molecule has 0 N–H and O–H groups in total. The highest BCUT2D eigenvalue weighted by Crippen LogP contribution is 2.32. The topological polar surface area (TPSA) is 65.0 Å². The maximum atomic E-state index is 12.1. The number of rotatable bonds is 4. The monoisotopic (exact) mass is 317 g/mol. The Balaban J connectivity index is 1.72. The second-order valence-electron chi connectivity index (χ2n) is 4.97. The van der Waals surface area contributed by atoms with Crippen molar-refractivity contribution in [3.8, 4) is 11.5 Å². The van der Waals surface area contributed by atoms with Crippen molar-refractivity contribution in [3.05, 3.63) is 53.6 Å². The van der Waals surface area contributed by atoms with Crippen LogP contribution >= 0.6 is 0 Å². The molecule has 0 aromatic heterocycles. The van der Waals surface area contributed by atoms with E-state index in [0.29, 0.717) is 17.9 Å². The highest BCUT2D eigenvalue weighted by molar-refractivity contribution is 7.90. The Labute approximate surface area is 129 Å². The van der Waals surface area contributed by atoms with Crippen molar-refractivity contribution in [2.45, 2.75) is 18.2 Å². The van der Waals surface area contributed by atoms with Crippen molar-refractivity contribution in [3.63, 3.8) is 0 Å². The predicted octanol–water partition coefficient (Wildman–Crippen LogP) is 2.73. The van der Waals surface area contributed by atoms with Gasteiger partial charge in [-0.2, -0.15) is 12.8 Å². The molecule has 114 valence electrons. The second kappa shape index (κ2) is 5.81. The van der Waals surface area contributed by atoms with Crippen LogP contribution in [0, 0.1) is 6.92 Å². The first-order valence-electron chi connectivity index (χ1n) is 6.79. The first-order chi connectivity index (χ1) is 10.5. The molecule has 3 rings (SSSR count). The van der Waals surface area contributed by atoms with Gasteiger partial charge >= 0.3 is 0 Å². The number of fused-ring (bicyclic) bond motifs is 1. The number of sulfonamides is 1. The van der Waals surface area contributed by atoms with Gasteiger partial charge < -0.3 is 9.47 Å². The van der Waals surface area contributed by atoms with Gasteiger partial charge in [-0.1, -0.05) is 23.8 Å². The van der Waals surface area contributed by atoms with Crippen molar-refractivity contribution in [1.82, 2.24) is 0 Å². The van der Waals surface area contributed by atoms with Crippen LogP contribution in [-0.4, -0.2) is 21.4 Å². The van der Waals surface area contributed by atoms with Gasteiger partial charge in [0.1, 0.15) is 0 Å². The lowest BCUT2D eigenvalue weighted by atomic mass is 10.1. The van der Waals surface area contributed by atoms with Crippen LogP contribution in [0.2, 0.25) is 0 Å². The molecule has 6 heteroatoms. The van der Waals surface area contributed by atoms with Crippen LogP contribution in [0.3, 0.4) is 0 Å². The highest BCUT2D eigenvalue weighted by Gasteiger charge is 2.13. The van der Waals surface area contributed by atoms with Crippen molar-refractivity contribution in [2.24, 2.45) is 4.40 Å². The molecular weight excluding hydrogens is 302 g/mol. The number of nitrogens with zero attached hydrogens (tertiary/aromatic N) is 1. The van der Waals surface area contributed by atoms with Crippen LogP contribution < -0.4 is 9.47 Å². The minimum absolute atomic E-state index is 0.194. The molecule has 0 saturated heterocycles. The summed E-state index contributed by atoms with van der Waals surface area (Å²) in [4.78, 5) is 0.194. The van der Waals surface area contributed by atoms with E-state index in [1.165, 1.54) is 6.21 Å². The van der Waals surface area contributed by atoms with Gasteiger partial charge in [0, 0.05) is 12.6 Å². The number of hydrogen-bond donors (Lipinski definition) is 0. The van der Waals surface area contributed by atoms with Crippen LogP contribution in [0.4, 0.5) is 0 Å². The Bertz CT molecular complexity index is 811. The van der Waals surface area contributed by atoms with E-state index in [1.54, 1.807) is 30.3 Å². The van der Waals surface area contributed by atoms with Gasteiger partial charge in [-0.3, -0.25) is 0 Å². The van der Waals surface area contributed by atoms with E-state index >= 15 is 0 Å². The van der Waals surface area contributed by atoms with Crippen LogP contribution in [0.5, 0.6) is 11.5 Å². The fourth-order valence-corrected chi connectivity index (χ4v) is 2.95. The summed E-state index contributed by atoms with van der Waals surface area (Å²) in [5.41, 5.74) is 1.91. The fraction of sp³-hybridized carbons (Fsp3) is 0.188. The summed E-state index contributed by atoms with van der Waals surface area (Å²) in [6, 6.07) is 12.1. The van der Waals surface area contributed by atoms with Crippen molar-refractivity contribution in [2.75, 3.05) is 6.79 Å². The quantitative estimate of drug-likeness (QED) is 0.813. The number of aryl methyl sites for hydroxylation is 1. The van der Waals surface area contributed by atoms with Gasteiger partial charge in [-0.05, 0) is 36.8 Å². The average Bonchev–Trinajstić information content (AvgIpc) is 2.95. The Morgan fingerprint density at radius 1 is 1.09 bits per heavy atom. The maximum absolute atomic E-state index is 12.1. The lowest BCUT2D eigenvalue weighted by Crippen LogP contribution is -1.98. The minimum Gasteiger partial charge on any atom is -0.454 e. The van der Waals surface area contributed by atoms with Gasteiger partial charge in [0.05, 0.1) is 4.90 Å². The van der Waals surface area contributed by atoms with E-state index in [0.717, 1.165) is 11.1 Å². The summed E-state index contributed by atoms with van der Waals surface area (Å²) in [5.74, 6) is 1.38. The molecule has 0 amide bonds. The van der Waals surface area contributed by atoms with Gasteiger partial charge in [0.15, 0.2) is 11.5 Å². The second-order valence-corrected chi connectivity index (χ2v) is 6.60. The molecular formula is C16H15NO4S. The van der Waals surface area contributed by atoms with Gasteiger partial charge in [0.25, 0.3) is 10.0 Å². The summed E-state index contributed by atoms with van der Waals surface area (Å²) < 4.78 is 38.4. The summed E-state index contributed by atoms with van der Waals surface area (Å²) in [6.45, 7) is 2.12. The molecule has 2 aromatic carbocycles. The SMILES string of the molecule is Cc1ccc(S(=O)(=O)/N=C/Cc2ccc3c(c2)OCO3)cc1. The summed E-state index contributed by atoms with van der Waals surface area (Å²) in [5, 5.41) is 0. The summed E-state index contributed by atoms with van der Waals surface area (Å²) in [7, 11) is -3.65. The molecule has 22 heavy (non-hydrogen) atoms. The Hall–Kier alpha value is -2.34. The van der Waals surface area contributed by atoms with E-state index in [-0.39, 0.29) is 11.7 Å². The third-order valence-electron chi connectivity index (χ3n) is 3.30. The molecule has 0 bridgehead atoms. The molecule has 0 unspecified atom stereocenters. The molecule has 0 radical (unpaired) electrons. The molecule has 1 aliphatic heterocycles. The smallest absolute Gasteiger partial charge is 0.281 e. The van der Waals surface area contributed by atoms with E-state index in [4.69, 9.17) is 9.47 Å². The molecule has 1 aliphatic rings. The van der Waals surface area contributed by atoms with E-state index in [9.17, 15) is 8.42 Å². The van der Waals surface area contributed by atoms with Crippen LogP contribution in [-0.2, 0) is 16.4 Å². The molecule has 0 saturated carbocycles. The molecule has 0 atom stereocenters. The molecule has 0 spiro atoms. The summed E-state index contributed by atoms with van der Waals surface area (Å²) in [6.07, 6.45) is 1.80. The minimum atomic E-state index is -3.65. The van der Waals surface area contributed by atoms with Crippen LogP contribution in [0.15, 0.2) is 51.8 Å². The standard InChI is InChI=1S/C16H15NO4S/c1-12-2-5-14(6-3-12)22(18,19)17-9-8-13-4-7-15-16(10-13)21-11-20-15/h2-7,9-10H,8,11H2,1H3/b17-9+. The first-order valence-corrected chi connectivity index (χ1v) is 8.23. The average molecular weight is 317 g/mol. The van der Waals surface area contributed by atoms with E-state index in [1.807, 2.05) is 19.1 Å². The molecule has 5 nitrogen and oxygen atoms in total. The van der Waals surface area contributed by atoms with Gasteiger partial charge in [-0.25, -0.2) is 0 Å². The zero-order valence-electron chi connectivity index (χ0n) is 12.0. The van der Waals surface area contributed by atoms with E-state index in [2.05, 4.69) is 4.40 Å². The van der Waals surface area contributed by atoms with Gasteiger partial charge in [-0.15, -0.1) is 0 Å². The van der Waals surface area contributed by atoms with Crippen molar-refractivity contribution >= 4 is 16.2 Å². The highest BCUT2D eigenvalue weighted by atomic mass is 32.2. The molecule has 0 aliphatic carbocycles. The lowest BCUT2D eigenvalue weighted by Gasteiger charge is -2.01. The molecule has 1 heterocycles. The van der Waals surface area contributed by atoms with Crippen molar-refractivity contribution in [1.29, 1.82) is 0 Å². The first kappa shape index (κ1) is 14.6. The molecule has 0 fully saturated rings. The number of hydrogen-bond acceptors (Lipinski definition) is 4. The Morgan fingerprint density at radius 2 is 1.82 bits per heavy atom. The Kier molecular flexibility index (Phi) is 3.85. The predicted molar refractivity (Wildman–Crippen MR) is 83.1 cm³/mol. The van der Waals surface area contributed by atoms with Crippen molar-refractivity contribution < 1.29 is 17.9 Å².